The molecule has 572 valence electrons. The average Bonchev–Trinajstić information content (AvgIpc) is 1.75. The van der Waals surface area contributed by atoms with E-state index in [-0.39, 0.29) is 5.91 Å². The van der Waals surface area contributed by atoms with E-state index >= 15 is 0 Å². The molecule has 0 aliphatic carbocycles. The predicted molar refractivity (Wildman–Crippen MR) is 415 cm³/mol. The Morgan fingerprint density at radius 1 is 0.377 bits per heavy atom. The number of amides is 1. The van der Waals surface area contributed by atoms with E-state index in [2.05, 4.69) is 245 Å². The minimum absolute atomic E-state index is 0.0183. The lowest BCUT2D eigenvalue weighted by molar-refractivity contribution is -0.122. The maximum Gasteiger partial charge on any atom is 0.222 e. The molecule has 0 saturated carbocycles. The zero-order valence-electron chi connectivity index (χ0n) is 64.3. The Morgan fingerprint density at radius 3 is 0.991 bits per heavy atom. The van der Waals surface area contributed by atoms with Gasteiger partial charge >= 0.3 is 0 Å². The molecule has 1 N–H and O–H groups in total. The zero-order chi connectivity index (χ0) is 75.2. The quantitative estimate of drug-likeness (QED) is 0.0351. The van der Waals surface area contributed by atoms with Crippen LogP contribution in [0.5, 0.6) is 0 Å². The summed E-state index contributed by atoms with van der Waals surface area (Å²) >= 11 is 0. The standard InChI is InChI=1S/C22H33N5O4.C18H27N3O3.C14H19N3O.C13H18N4.C13H17N3/c1-19-2-4-20(5-3-19)21-18-27(25-24-21)11-15-31-17-16-29-12-6-22(28)23-7-8-26-9-13-30-14-10-26;1-3-9-22-11-13-24-14-12-23-10-8-21-15-18(19-20-21)17-6-4-16(2)5-7-17;1-3-9-18-10-8-17-11-14(15-16-17)13-6-4-12(2)5-7-13;1-11-4-6-12(7-5-11)13-10-17(15-14-13)9-8-16(2)3;1-3-4-9-16-10-13(14-15-16)12-7-5-11(2)6-8-12/h2-5,18H,6-17H2,1H3,(H,23,28);4-7,15H,3,8-14H2,1-2H3;4-7,11H,3,8-10H2,1-2H3;4-7,10H,8-9H2,1-3H3;5-8,10H,3-4,9H2,1-2H3. The van der Waals surface area contributed by atoms with Gasteiger partial charge in [-0.25, -0.2) is 14.0 Å². The van der Waals surface area contributed by atoms with Crippen LogP contribution in [0.25, 0.3) is 56.3 Å². The number of carbonyl (C=O) groups excluding carboxylic acids is 1. The molecule has 5 aromatic heterocycles. The molecule has 10 aromatic rings. The Morgan fingerprint density at radius 2 is 0.670 bits per heavy atom. The molecule has 1 aliphatic heterocycles. The highest BCUT2D eigenvalue weighted by atomic mass is 16.5. The first kappa shape index (κ1) is 84.2. The van der Waals surface area contributed by atoms with Crippen molar-refractivity contribution in [1.82, 2.24) is 90.1 Å². The lowest BCUT2D eigenvalue weighted by Crippen LogP contribution is -2.41. The van der Waals surface area contributed by atoms with E-state index in [0.29, 0.717) is 92.1 Å². The minimum atomic E-state index is 0.0183. The van der Waals surface area contributed by atoms with E-state index in [9.17, 15) is 4.79 Å². The summed E-state index contributed by atoms with van der Waals surface area (Å²) in [5.74, 6) is 0.0183. The molecule has 11 rings (SSSR count). The molecule has 0 spiro atoms. The van der Waals surface area contributed by atoms with Crippen molar-refractivity contribution >= 4 is 5.91 Å². The van der Waals surface area contributed by atoms with Crippen LogP contribution in [0, 0.1) is 34.6 Å². The Kier molecular flexibility index (Phi) is 39.4. The summed E-state index contributed by atoms with van der Waals surface area (Å²) in [7, 11) is 4.11. The number of carbonyl (C=O) groups is 1. The van der Waals surface area contributed by atoms with Crippen molar-refractivity contribution < 1.29 is 38.0 Å². The van der Waals surface area contributed by atoms with Gasteiger partial charge in [-0.15, -0.1) is 25.5 Å². The van der Waals surface area contributed by atoms with Crippen LogP contribution in [0.15, 0.2) is 152 Å². The Bertz CT molecular complexity index is 3910. The first-order chi connectivity index (χ1) is 51.7. The topological polar surface area (TPSA) is 254 Å². The summed E-state index contributed by atoms with van der Waals surface area (Å²) < 4.78 is 47.3. The zero-order valence-corrected chi connectivity index (χ0v) is 64.3. The molecule has 0 radical (unpaired) electrons. The van der Waals surface area contributed by atoms with Crippen LogP contribution < -0.4 is 5.32 Å². The monoisotopic (exact) mass is 1450 g/mol. The molecule has 5 aromatic carbocycles. The van der Waals surface area contributed by atoms with E-state index in [1.807, 2.05) is 57.2 Å². The van der Waals surface area contributed by atoms with Crippen LogP contribution in [-0.2, 0) is 70.7 Å². The van der Waals surface area contributed by atoms with Gasteiger partial charge in [0.1, 0.15) is 28.5 Å². The molecule has 26 heteroatoms. The summed E-state index contributed by atoms with van der Waals surface area (Å²) in [6.07, 6.45) is 14.6. The van der Waals surface area contributed by atoms with E-state index in [1.165, 1.54) is 34.2 Å². The second kappa shape index (κ2) is 49.7. The summed E-state index contributed by atoms with van der Waals surface area (Å²) in [5, 5.41) is 44.5. The van der Waals surface area contributed by atoms with Crippen molar-refractivity contribution in [2.24, 2.45) is 0 Å². The summed E-state index contributed by atoms with van der Waals surface area (Å²) in [6.45, 7) is 33.7. The SMILES string of the molecule is CCCCn1cc(-c2ccc(C)cc2)nn1.CCCOCCOCCOCCn1cc(-c2ccc(C)cc2)nn1.CCCOCCn1cc(-c2ccc(C)cc2)nn1.Cc1ccc(-c2cn(CCN(C)C)nn2)cc1.Cc1ccc(-c2cn(CCOCCOCCC(=O)NCCN3CCOCC3)nn2)cc1. The molecule has 1 amide bonds. The highest BCUT2D eigenvalue weighted by Crippen LogP contribution is 2.21. The second-order valence-corrected chi connectivity index (χ2v) is 26.0. The van der Waals surface area contributed by atoms with Gasteiger partial charge in [-0.3, -0.25) is 19.1 Å². The van der Waals surface area contributed by atoms with Gasteiger partial charge in [-0.2, -0.15) is 0 Å². The van der Waals surface area contributed by atoms with Crippen molar-refractivity contribution in [3.05, 3.63) is 180 Å². The van der Waals surface area contributed by atoms with Gasteiger partial charge in [-0.05, 0) is 68.0 Å². The Hall–Kier alpha value is -9.09. The molecule has 0 atom stereocenters. The average molecular weight is 1460 g/mol. The fourth-order valence-electron chi connectivity index (χ4n) is 10.1. The number of likely N-dealkylation sites (N-methyl/N-ethyl adjacent to an activating group) is 1. The maximum atomic E-state index is 11.8. The van der Waals surface area contributed by atoms with Crippen molar-refractivity contribution in [1.29, 1.82) is 0 Å². The van der Waals surface area contributed by atoms with E-state index in [1.54, 1.807) is 9.36 Å². The molecule has 0 unspecified atom stereocenters. The fourth-order valence-corrected chi connectivity index (χ4v) is 10.1. The number of rotatable bonds is 39. The normalized spacial score (nSPS) is 12.0. The van der Waals surface area contributed by atoms with Crippen molar-refractivity contribution in [2.45, 2.75) is 120 Å². The molecule has 0 bridgehead atoms. The van der Waals surface area contributed by atoms with Gasteiger partial charge < -0.3 is 43.4 Å². The second-order valence-electron chi connectivity index (χ2n) is 26.0. The third-order valence-corrected chi connectivity index (χ3v) is 16.5. The first-order valence-corrected chi connectivity index (χ1v) is 37.3. The van der Waals surface area contributed by atoms with Crippen LogP contribution in [0.2, 0.25) is 0 Å². The largest absolute Gasteiger partial charge is 0.380 e. The fraction of sp³-hybridized carbons (Fsp3) is 0.487. The number of nitrogens with one attached hydrogen (secondary N) is 1. The minimum Gasteiger partial charge on any atom is -0.380 e. The highest BCUT2D eigenvalue weighted by molar-refractivity contribution is 5.76. The molecule has 1 aliphatic rings. The van der Waals surface area contributed by atoms with Gasteiger partial charge in [0.25, 0.3) is 0 Å². The smallest absolute Gasteiger partial charge is 0.222 e. The summed E-state index contributed by atoms with van der Waals surface area (Å²) in [6, 6.07) is 41.5. The number of hydrogen-bond acceptors (Lipinski definition) is 20. The summed E-state index contributed by atoms with van der Waals surface area (Å²) in [4.78, 5) is 16.2. The van der Waals surface area contributed by atoms with Crippen LogP contribution in [0.1, 0.15) is 80.7 Å². The number of morpholine rings is 1. The van der Waals surface area contributed by atoms with Crippen LogP contribution >= 0.6 is 0 Å². The molecular weight excluding hydrogens is 1340 g/mol. The van der Waals surface area contributed by atoms with Gasteiger partial charge in [-0.1, -0.05) is 202 Å². The molecule has 1 fully saturated rings. The lowest BCUT2D eigenvalue weighted by Gasteiger charge is -2.26. The number of unbranched alkanes of at least 4 members (excludes halogenated alkanes) is 1. The number of aromatic nitrogens is 15. The number of ether oxygens (including phenoxy) is 7. The van der Waals surface area contributed by atoms with Crippen LogP contribution in [0.4, 0.5) is 0 Å². The van der Waals surface area contributed by atoms with E-state index in [4.69, 9.17) is 33.2 Å². The molecule has 26 nitrogen and oxygen atoms in total. The van der Waals surface area contributed by atoms with Gasteiger partial charge in [0.15, 0.2) is 0 Å². The molecular formula is C80H114N18O8. The van der Waals surface area contributed by atoms with Crippen molar-refractivity contribution in [3.63, 3.8) is 0 Å². The molecule has 106 heavy (non-hydrogen) atoms. The molecule has 6 heterocycles. The third kappa shape index (κ3) is 33.6. The summed E-state index contributed by atoms with van der Waals surface area (Å²) in [5.41, 5.74) is 16.2. The Labute approximate surface area is 627 Å². The lowest BCUT2D eigenvalue weighted by atomic mass is 10.1. The molecule has 1 saturated heterocycles. The number of benzene rings is 5. The number of nitrogens with zero attached hydrogens (tertiary/aromatic N) is 17. The van der Waals surface area contributed by atoms with Crippen molar-refractivity contribution in [2.75, 3.05) is 139 Å². The van der Waals surface area contributed by atoms with Gasteiger partial charge in [0.05, 0.1) is 136 Å². The maximum absolute atomic E-state index is 11.8. The highest BCUT2D eigenvalue weighted by Gasteiger charge is 2.12. The number of aryl methyl sites for hydroxylation is 6. The van der Waals surface area contributed by atoms with Crippen LogP contribution in [0.3, 0.4) is 0 Å². The Balaban J connectivity index is 0.000000189. The number of hydrogen-bond donors (Lipinski definition) is 1. The van der Waals surface area contributed by atoms with Crippen LogP contribution in [-0.4, -0.2) is 230 Å². The predicted octanol–water partition coefficient (Wildman–Crippen LogP) is 11.4. The third-order valence-electron chi connectivity index (χ3n) is 16.5. The van der Waals surface area contributed by atoms with Gasteiger partial charge in [0, 0.05) is 86.7 Å². The first-order valence-electron chi connectivity index (χ1n) is 37.3. The van der Waals surface area contributed by atoms with E-state index < -0.39 is 0 Å². The van der Waals surface area contributed by atoms with Gasteiger partial charge in [0.2, 0.25) is 5.91 Å². The van der Waals surface area contributed by atoms with E-state index in [0.717, 1.165) is 148 Å². The van der Waals surface area contributed by atoms with Crippen molar-refractivity contribution in [3.8, 4) is 56.3 Å².